The lowest BCUT2D eigenvalue weighted by atomic mass is 9.91. The van der Waals surface area contributed by atoms with E-state index in [9.17, 15) is 4.39 Å². The number of allylic oxidation sites excluding steroid dienone is 1. The molecule has 0 fully saturated rings. The highest BCUT2D eigenvalue weighted by Gasteiger charge is 2.23. The van der Waals surface area contributed by atoms with Gasteiger partial charge in [-0.25, -0.2) is 4.39 Å². The molecule has 2 rings (SSSR count). The van der Waals surface area contributed by atoms with Crippen LogP contribution in [0.4, 0.5) is 10.1 Å². The van der Waals surface area contributed by atoms with Crippen molar-refractivity contribution in [3.05, 3.63) is 40.7 Å². The van der Waals surface area contributed by atoms with E-state index in [0.717, 1.165) is 19.4 Å². The van der Waals surface area contributed by atoms with Crippen LogP contribution in [0.15, 0.2) is 40.2 Å². The summed E-state index contributed by atoms with van der Waals surface area (Å²) in [6.45, 7) is 7.06. The molecule has 0 amide bonds. The van der Waals surface area contributed by atoms with Gasteiger partial charge in [-0.15, -0.1) is 0 Å². The Morgan fingerprint density at radius 2 is 2.17 bits per heavy atom. The van der Waals surface area contributed by atoms with Gasteiger partial charge in [-0.2, -0.15) is 5.11 Å². The minimum Gasteiger partial charge on any atom is -0.376 e. The fourth-order valence-electron chi connectivity index (χ4n) is 2.77. The predicted octanol–water partition coefficient (Wildman–Crippen LogP) is 5.32. The van der Waals surface area contributed by atoms with Crippen LogP contribution in [-0.2, 0) is 0 Å². The quantitative estimate of drug-likeness (QED) is 0.747. The molecule has 1 N–H and O–H groups in total. The highest BCUT2D eigenvalue weighted by Crippen LogP contribution is 2.27. The van der Waals surface area contributed by atoms with E-state index in [2.05, 4.69) is 35.6 Å². The largest absolute Gasteiger partial charge is 0.376 e. The summed E-state index contributed by atoms with van der Waals surface area (Å²) in [7, 11) is 1.92. The van der Waals surface area contributed by atoms with E-state index in [1.165, 1.54) is 11.6 Å². The van der Waals surface area contributed by atoms with E-state index < -0.39 is 0 Å². The Morgan fingerprint density at radius 3 is 2.83 bits per heavy atom. The number of nitrogens with one attached hydrogen (secondary N) is 1. The molecular weight excluding hydrogens is 327 g/mol. The van der Waals surface area contributed by atoms with Crippen molar-refractivity contribution in [2.75, 3.05) is 18.9 Å². The standard InChI is InChI=1S/C18H26ClFN4/c1-5-13-10-17(12(2)3)22-23-24(4)9-8-16(13)21-18-11-14(19)6-7-15(18)20/h5-7,11-12,16-17,21H,8-10H2,1-4H3/b13-5+,23-22-/t16?,17-/m1/s1. The molecule has 0 radical (unpaired) electrons. The lowest BCUT2D eigenvalue weighted by Crippen LogP contribution is -2.28. The summed E-state index contributed by atoms with van der Waals surface area (Å²) in [5, 5.41) is 14.5. The topological polar surface area (TPSA) is 40.0 Å². The summed E-state index contributed by atoms with van der Waals surface area (Å²) < 4.78 is 14.1. The van der Waals surface area contributed by atoms with E-state index in [-0.39, 0.29) is 17.9 Å². The Bertz CT molecular complexity index is 615. The zero-order valence-electron chi connectivity index (χ0n) is 14.8. The third kappa shape index (κ3) is 4.94. The molecule has 0 spiro atoms. The third-order valence-electron chi connectivity index (χ3n) is 4.38. The lowest BCUT2D eigenvalue weighted by Gasteiger charge is -2.25. The molecule has 1 aliphatic heterocycles. The number of nitrogens with zero attached hydrogens (tertiary/aromatic N) is 3. The maximum absolute atomic E-state index is 14.1. The molecule has 0 aromatic heterocycles. The number of rotatable bonds is 3. The zero-order valence-corrected chi connectivity index (χ0v) is 15.5. The molecule has 1 aromatic rings. The Hall–Kier alpha value is -1.62. The van der Waals surface area contributed by atoms with E-state index in [0.29, 0.717) is 16.6 Å². The number of hydrogen-bond acceptors (Lipinski definition) is 4. The first-order valence-corrected chi connectivity index (χ1v) is 8.77. The fourth-order valence-corrected chi connectivity index (χ4v) is 2.95. The first kappa shape index (κ1) is 18.7. The third-order valence-corrected chi connectivity index (χ3v) is 4.62. The molecule has 0 bridgehead atoms. The van der Waals surface area contributed by atoms with E-state index in [1.807, 2.05) is 19.0 Å². The van der Waals surface area contributed by atoms with E-state index >= 15 is 0 Å². The van der Waals surface area contributed by atoms with E-state index in [1.54, 1.807) is 12.1 Å². The van der Waals surface area contributed by atoms with Crippen LogP contribution in [0.3, 0.4) is 0 Å². The van der Waals surface area contributed by atoms with E-state index in [4.69, 9.17) is 11.6 Å². The second-order valence-corrected chi connectivity index (χ2v) is 7.01. The molecule has 2 atom stereocenters. The van der Waals surface area contributed by atoms with Crippen LogP contribution in [0, 0.1) is 11.7 Å². The maximum atomic E-state index is 14.1. The van der Waals surface area contributed by atoms with Crippen LogP contribution >= 0.6 is 11.6 Å². The summed E-state index contributed by atoms with van der Waals surface area (Å²) in [6, 6.07) is 4.72. The molecule has 6 heteroatoms. The minimum absolute atomic E-state index is 0.0233. The number of hydrogen-bond donors (Lipinski definition) is 1. The van der Waals surface area contributed by atoms with Gasteiger partial charge < -0.3 is 5.32 Å². The highest BCUT2D eigenvalue weighted by atomic mass is 35.5. The molecular formula is C18H26ClFN4. The van der Waals surface area contributed by atoms with Gasteiger partial charge in [0.2, 0.25) is 0 Å². The van der Waals surface area contributed by atoms with Crippen molar-refractivity contribution in [3.63, 3.8) is 0 Å². The van der Waals surface area contributed by atoms with Gasteiger partial charge in [0.1, 0.15) is 5.82 Å². The normalized spacial score (nSPS) is 25.3. The first-order chi connectivity index (χ1) is 11.4. The average molecular weight is 353 g/mol. The summed E-state index contributed by atoms with van der Waals surface area (Å²) in [5.41, 5.74) is 1.66. The maximum Gasteiger partial charge on any atom is 0.146 e. The van der Waals surface area contributed by atoms with Gasteiger partial charge in [0, 0.05) is 24.7 Å². The van der Waals surface area contributed by atoms with Gasteiger partial charge in [0.15, 0.2) is 0 Å². The van der Waals surface area contributed by atoms with Gasteiger partial charge in [-0.05, 0) is 43.9 Å². The van der Waals surface area contributed by atoms with Crippen LogP contribution < -0.4 is 5.32 Å². The molecule has 0 saturated heterocycles. The fraction of sp³-hybridized carbons (Fsp3) is 0.556. The van der Waals surface area contributed by atoms with Crippen molar-refractivity contribution < 1.29 is 4.39 Å². The Labute approximate surface area is 148 Å². The van der Waals surface area contributed by atoms with Gasteiger partial charge in [0.25, 0.3) is 0 Å². The molecule has 0 saturated carbocycles. The van der Waals surface area contributed by atoms with Gasteiger partial charge >= 0.3 is 0 Å². The van der Waals surface area contributed by atoms with Gasteiger partial charge in [-0.3, -0.25) is 5.01 Å². The lowest BCUT2D eigenvalue weighted by molar-refractivity contribution is 0.309. The second-order valence-electron chi connectivity index (χ2n) is 6.58. The van der Waals surface area contributed by atoms with Gasteiger partial charge in [-0.1, -0.05) is 42.3 Å². The van der Waals surface area contributed by atoms with Crippen molar-refractivity contribution in [1.29, 1.82) is 0 Å². The summed E-state index contributed by atoms with van der Waals surface area (Å²) in [4.78, 5) is 0. The highest BCUT2D eigenvalue weighted by molar-refractivity contribution is 6.30. The number of halogens is 2. The van der Waals surface area contributed by atoms with Crippen molar-refractivity contribution in [3.8, 4) is 0 Å². The Kier molecular flexibility index (Phi) is 6.60. The first-order valence-electron chi connectivity index (χ1n) is 8.39. The van der Waals surface area contributed by atoms with Crippen molar-refractivity contribution in [2.45, 2.75) is 45.7 Å². The number of anilines is 1. The van der Waals surface area contributed by atoms with Crippen molar-refractivity contribution in [1.82, 2.24) is 5.01 Å². The molecule has 1 aromatic carbocycles. The molecule has 1 unspecified atom stereocenters. The van der Waals surface area contributed by atoms with Crippen molar-refractivity contribution >= 4 is 17.3 Å². The molecule has 1 aliphatic rings. The monoisotopic (exact) mass is 352 g/mol. The molecule has 4 nitrogen and oxygen atoms in total. The molecule has 1 heterocycles. The summed E-state index contributed by atoms with van der Waals surface area (Å²) in [5.74, 6) is 0.0941. The van der Waals surface area contributed by atoms with Crippen LogP contribution in [-0.4, -0.2) is 30.7 Å². The second kappa shape index (κ2) is 8.47. The van der Waals surface area contributed by atoms with Crippen LogP contribution in [0.2, 0.25) is 5.02 Å². The zero-order chi connectivity index (χ0) is 17.7. The molecule has 24 heavy (non-hydrogen) atoms. The summed E-state index contributed by atoms with van der Waals surface area (Å²) >= 11 is 6.02. The average Bonchev–Trinajstić information content (AvgIpc) is 2.61. The van der Waals surface area contributed by atoms with Gasteiger partial charge in [0.05, 0.1) is 11.7 Å². The van der Waals surface area contributed by atoms with Crippen LogP contribution in [0.1, 0.15) is 33.6 Å². The smallest absolute Gasteiger partial charge is 0.146 e. The number of benzene rings is 1. The molecule has 0 aliphatic carbocycles. The Balaban J connectivity index is 2.27. The minimum atomic E-state index is -0.294. The Morgan fingerprint density at radius 1 is 1.42 bits per heavy atom. The molecule has 132 valence electrons. The SMILES string of the molecule is C/C=C1\C[C@H](C(C)C)/N=N\N(C)CCC1Nc1cc(Cl)ccc1F. The van der Waals surface area contributed by atoms with Crippen molar-refractivity contribution in [2.24, 2.45) is 16.3 Å². The van der Waals surface area contributed by atoms with Crippen LogP contribution in [0.5, 0.6) is 0 Å². The van der Waals surface area contributed by atoms with Crippen LogP contribution in [0.25, 0.3) is 0 Å². The summed E-state index contributed by atoms with van der Waals surface area (Å²) in [6.07, 6.45) is 3.73. The predicted molar refractivity (Wildman–Crippen MR) is 97.9 cm³/mol.